The van der Waals surface area contributed by atoms with Gasteiger partial charge in [0.15, 0.2) is 0 Å². The van der Waals surface area contributed by atoms with Gasteiger partial charge in [-0.05, 0) is 62.3 Å². The van der Waals surface area contributed by atoms with Crippen molar-refractivity contribution in [3.05, 3.63) is 42.0 Å². The van der Waals surface area contributed by atoms with E-state index in [4.69, 9.17) is 0 Å². The molecule has 0 unspecified atom stereocenters. The number of aliphatic hydroxyl groups excluding tert-OH is 1. The molecule has 0 radical (unpaired) electrons. The Kier molecular flexibility index (Phi) is 9.73. The average molecular weight is 334 g/mol. The first-order chi connectivity index (χ1) is 11.5. The summed E-state index contributed by atoms with van der Waals surface area (Å²) in [4.78, 5) is 0. The minimum atomic E-state index is -0.377. The lowest BCUT2D eigenvalue weighted by Crippen LogP contribution is -2.39. The van der Waals surface area contributed by atoms with Gasteiger partial charge in [-0.15, -0.1) is 0 Å². The summed E-state index contributed by atoms with van der Waals surface area (Å²) in [6.45, 7) is 6.80. The number of hydrogen-bond acceptors (Lipinski definition) is 3. The molecule has 0 bridgehead atoms. The maximum Gasteiger partial charge on any atom is 0.115 e. The molecule has 0 aliphatic rings. The molecular weight excluding hydrogens is 298 g/mol. The van der Waals surface area contributed by atoms with E-state index in [9.17, 15) is 10.2 Å². The second-order valence-electron chi connectivity index (χ2n) is 7.06. The first-order valence-corrected chi connectivity index (χ1v) is 9.26. The normalized spacial score (nSPS) is 16.9. The zero-order valence-corrected chi connectivity index (χ0v) is 15.7. The van der Waals surface area contributed by atoms with Crippen LogP contribution in [0.4, 0.5) is 0 Å². The lowest BCUT2D eigenvalue weighted by molar-refractivity contribution is 0.122. The highest BCUT2D eigenvalue weighted by molar-refractivity contribution is 5.26. The summed E-state index contributed by atoms with van der Waals surface area (Å²) >= 11 is 0. The Balaban J connectivity index is 2.38. The summed E-state index contributed by atoms with van der Waals surface area (Å²) in [5.41, 5.74) is 1.11. The van der Waals surface area contributed by atoms with Crippen molar-refractivity contribution in [2.75, 3.05) is 7.05 Å². The molecule has 24 heavy (non-hydrogen) atoms. The van der Waals surface area contributed by atoms with Crippen LogP contribution < -0.4 is 5.32 Å². The number of phenols is 1. The molecule has 0 spiro atoms. The molecular formula is C21H35NO2. The Morgan fingerprint density at radius 3 is 2.42 bits per heavy atom. The summed E-state index contributed by atoms with van der Waals surface area (Å²) in [7, 11) is 1.89. The van der Waals surface area contributed by atoms with Gasteiger partial charge in [-0.3, -0.25) is 0 Å². The quantitative estimate of drug-likeness (QED) is 0.529. The Bertz CT molecular complexity index is 469. The lowest BCUT2D eigenvalue weighted by atomic mass is 9.94. The monoisotopic (exact) mass is 333 g/mol. The molecule has 3 heteroatoms. The predicted octanol–water partition coefficient (Wildman–Crippen LogP) is 4.29. The molecule has 0 aliphatic heterocycles. The number of benzene rings is 1. The van der Waals surface area contributed by atoms with E-state index in [0.29, 0.717) is 5.92 Å². The van der Waals surface area contributed by atoms with E-state index in [0.717, 1.165) is 30.7 Å². The van der Waals surface area contributed by atoms with E-state index in [1.807, 2.05) is 19.2 Å². The first kappa shape index (κ1) is 20.7. The zero-order chi connectivity index (χ0) is 17.9. The van der Waals surface area contributed by atoms with Crippen LogP contribution in [0.1, 0.15) is 52.0 Å². The number of hydrogen-bond donors (Lipinski definition) is 3. The molecule has 1 aromatic rings. The highest BCUT2D eigenvalue weighted by Gasteiger charge is 2.17. The molecule has 1 aromatic carbocycles. The fraction of sp³-hybridized carbons (Fsp3) is 0.619. The van der Waals surface area contributed by atoms with Gasteiger partial charge in [-0.1, -0.05) is 51.5 Å². The number of allylic oxidation sites excluding steroid dienone is 2. The molecule has 0 aromatic heterocycles. The van der Waals surface area contributed by atoms with Crippen LogP contribution in [0.15, 0.2) is 36.4 Å². The number of rotatable bonds is 11. The number of likely N-dealkylation sites (N-methyl/N-ethyl adjacent to an activating group) is 1. The van der Waals surface area contributed by atoms with E-state index in [1.165, 1.54) is 12.8 Å². The van der Waals surface area contributed by atoms with E-state index in [2.05, 4.69) is 38.2 Å². The van der Waals surface area contributed by atoms with Crippen molar-refractivity contribution in [2.24, 2.45) is 11.8 Å². The first-order valence-electron chi connectivity index (χ1n) is 9.26. The molecule has 4 atom stereocenters. The van der Waals surface area contributed by atoms with Crippen molar-refractivity contribution in [1.29, 1.82) is 0 Å². The number of aliphatic hydroxyl groups is 1. The van der Waals surface area contributed by atoms with Gasteiger partial charge in [0.05, 0.1) is 6.10 Å². The van der Waals surface area contributed by atoms with Crippen LogP contribution in [0.3, 0.4) is 0 Å². The van der Waals surface area contributed by atoms with Crippen molar-refractivity contribution in [2.45, 2.75) is 65.0 Å². The summed E-state index contributed by atoms with van der Waals surface area (Å²) in [6.07, 6.45) is 9.00. The second-order valence-corrected chi connectivity index (χ2v) is 7.06. The van der Waals surface area contributed by atoms with E-state index in [1.54, 1.807) is 12.1 Å². The summed E-state index contributed by atoms with van der Waals surface area (Å²) in [5, 5.41) is 23.0. The van der Waals surface area contributed by atoms with E-state index >= 15 is 0 Å². The van der Waals surface area contributed by atoms with Gasteiger partial charge in [0.2, 0.25) is 0 Å². The van der Waals surface area contributed by atoms with Gasteiger partial charge in [0, 0.05) is 6.04 Å². The van der Waals surface area contributed by atoms with E-state index < -0.39 is 0 Å². The molecule has 0 saturated carbocycles. The van der Waals surface area contributed by atoms with Crippen molar-refractivity contribution in [3.8, 4) is 5.75 Å². The predicted molar refractivity (Wildman–Crippen MR) is 102 cm³/mol. The van der Waals surface area contributed by atoms with Gasteiger partial charge in [0.25, 0.3) is 0 Å². The van der Waals surface area contributed by atoms with Crippen LogP contribution in [0.2, 0.25) is 0 Å². The van der Waals surface area contributed by atoms with Crippen LogP contribution in [-0.4, -0.2) is 29.4 Å². The van der Waals surface area contributed by atoms with Gasteiger partial charge < -0.3 is 15.5 Å². The minimum Gasteiger partial charge on any atom is -0.508 e. The molecule has 0 aliphatic carbocycles. The van der Waals surface area contributed by atoms with Crippen LogP contribution >= 0.6 is 0 Å². The minimum absolute atomic E-state index is 0.0282. The molecule has 3 nitrogen and oxygen atoms in total. The van der Waals surface area contributed by atoms with E-state index in [-0.39, 0.29) is 17.9 Å². The standard InChI is InChI=1S/C21H35NO2/c1-5-16(2)14-17(3)8-6-7-9-21(24)20(22-4)15-18-10-12-19(23)13-11-18/h6,8,10-13,16-17,20-24H,5,7,9,14-15H2,1-4H3/t16-,17+,20-,21-/m1/s1. The van der Waals surface area contributed by atoms with Crippen molar-refractivity contribution < 1.29 is 10.2 Å². The number of nitrogens with one attached hydrogen (secondary N) is 1. The number of aromatic hydroxyl groups is 1. The maximum atomic E-state index is 10.4. The summed E-state index contributed by atoms with van der Waals surface area (Å²) in [5.74, 6) is 1.65. The van der Waals surface area contributed by atoms with Gasteiger partial charge in [-0.2, -0.15) is 0 Å². The third-order valence-corrected chi connectivity index (χ3v) is 4.79. The van der Waals surface area contributed by atoms with Crippen LogP contribution in [0.5, 0.6) is 5.75 Å². The molecule has 0 saturated heterocycles. The van der Waals surface area contributed by atoms with Crippen LogP contribution in [0, 0.1) is 11.8 Å². The smallest absolute Gasteiger partial charge is 0.115 e. The third-order valence-electron chi connectivity index (χ3n) is 4.79. The van der Waals surface area contributed by atoms with Crippen molar-refractivity contribution in [1.82, 2.24) is 5.32 Å². The van der Waals surface area contributed by atoms with Crippen LogP contribution in [0.25, 0.3) is 0 Å². The molecule has 3 N–H and O–H groups in total. The Labute approximate surface area is 147 Å². The second kappa shape index (κ2) is 11.3. The van der Waals surface area contributed by atoms with Gasteiger partial charge >= 0.3 is 0 Å². The van der Waals surface area contributed by atoms with Crippen molar-refractivity contribution in [3.63, 3.8) is 0 Å². The van der Waals surface area contributed by atoms with Gasteiger partial charge in [-0.25, -0.2) is 0 Å². The molecule has 0 heterocycles. The largest absolute Gasteiger partial charge is 0.508 e. The highest BCUT2D eigenvalue weighted by Crippen LogP contribution is 2.17. The molecule has 0 amide bonds. The Morgan fingerprint density at radius 2 is 1.83 bits per heavy atom. The van der Waals surface area contributed by atoms with Gasteiger partial charge in [0.1, 0.15) is 5.75 Å². The maximum absolute atomic E-state index is 10.4. The van der Waals surface area contributed by atoms with Crippen LogP contribution in [-0.2, 0) is 6.42 Å². The topological polar surface area (TPSA) is 52.5 Å². The highest BCUT2D eigenvalue weighted by atomic mass is 16.3. The number of phenolic OH excluding ortho intramolecular Hbond substituents is 1. The molecule has 0 fully saturated rings. The average Bonchev–Trinajstić information content (AvgIpc) is 2.57. The zero-order valence-electron chi connectivity index (χ0n) is 15.7. The molecule has 136 valence electrons. The molecule has 1 rings (SSSR count). The summed E-state index contributed by atoms with van der Waals surface area (Å²) < 4.78 is 0. The summed E-state index contributed by atoms with van der Waals surface area (Å²) in [6, 6.07) is 7.22. The lowest BCUT2D eigenvalue weighted by Gasteiger charge is -2.22. The Hall–Kier alpha value is -1.32. The Morgan fingerprint density at radius 1 is 1.17 bits per heavy atom. The fourth-order valence-corrected chi connectivity index (χ4v) is 2.99. The fourth-order valence-electron chi connectivity index (χ4n) is 2.99. The van der Waals surface area contributed by atoms with Crippen molar-refractivity contribution >= 4 is 0 Å². The SMILES string of the molecule is CC[C@@H](C)C[C@@H](C)C=CCC[C@@H](O)[C@@H](Cc1ccc(O)cc1)NC. The third kappa shape index (κ3) is 7.98.